The predicted molar refractivity (Wildman–Crippen MR) is 129 cm³/mol. The Labute approximate surface area is 200 Å². The topological polar surface area (TPSA) is 156 Å². The Balaban J connectivity index is 1.60. The first-order chi connectivity index (χ1) is 16.7. The number of aliphatic hydroxyl groups is 1. The van der Waals surface area contributed by atoms with Gasteiger partial charge in [0, 0.05) is 13.0 Å². The van der Waals surface area contributed by atoms with E-state index in [9.17, 15) is 34.5 Å². The van der Waals surface area contributed by atoms with Crippen molar-refractivity contribution >= 4 is 28.9 Å². The van der Waals surface area contributed by atoms with Crippen LogP contribution in [0.25, 0.3) is 0 Å². The Morgan fingerprint density at radius 3 is 2.40 bits per heavy atom. The van der Waals surface area contributed by atoms with Crippen molar-refractivity contribution in [3.05, 3.63) is 80.1 Å². The fourth-order valence-electron chi connectivity index (χ4n) is 4.31. The van der Waals surface area contributed by atoms with Gasteiger partial charge in [-0.25, -0.2) is 4.79 Å². The van der Waals surface area contributed by atoms with E-state index in [1.54, 1.807) is 0 Å². The Kier molecular flexibility index (Phi) is 6.57. The van der Waals surface area contributed by atoms with E-state index in [4.69, 9.17) is 0 Å². The highest BCUT2D eigenvalue weighted by molar-refractivity contribution is 6.01. The van der Waals surface area contributed by atoms with Gasteiger partial charge in [-0.1, -0.05) is 43.3 Å². The number of rotatable bonds is 8. The largest absolute Gasteiger partial charge is 0.505 e. The molecule has 0 bridgehead atoms. The molecule has 1 fully saturated rings. The SMILES string of the molecule is CC[C@@H](Nc1c(Nc2cccc(C(=O)N3C[C@@H](O)C[C@H]3C(=O)O)c2O)c(=O)c1=O)c1ccccc1. The minimum Gasteiger partial charge on any atom is -0.505 e. The number of aromatic hydroxyl groups is 1. The number of phenols is 1. The van der Waals surface area contributed by atoms with Gasteiger partial charge in [-0.3, -0.25) is 14.4 Å². The van der Waals surface area contributed by atoms with Crippen molar-refractivity contribution in [2.45, 2.75) is 38.0 Å². The Morgan fingerprint density at radius 2 is 1.74 bits per heavy atom. The van der Waals surface area contributed by atoms with Crippen LogP contribution in [0.5, 0.6) is 5.75 Å². The van der Waals surface area contributed by atoms with Gasteiger partial charge in [0.15, 0.2) is 5.75 Å². The summed E-state index contributed by atoms with van der Waals surface area (Å²) in [5, 5.41) is 35.8. The molecule has 182 valence electrons. The number of carbonyl (C=O) groups is 2. The average molecular weight is 479 g/mol. The first-order valence-corrected chi connectivity index (χ1v) is 11.2. The molecule has 0 aromatic heterocycles. The number of hydrogen-bond donors (Lipinski definition) is 5. The molecule has 4 rings (SSSR count). The van der Waals surface area contributed by atoms with E-state index < -0.39 is 40.6 Å². The summed E-state index contributed by atoms with van der Waals surface area (Å²) in [5.41, 5.74) is -0.668. The summed E-state index contributed by atoms with van der Waals surface area (Å²) < 4.78 is 0. The molecule has 1 aliphatic rings. The summed E-state index contributed by atoms with van der Waals surface area (Å²) in [5.74, 6) is -2.53. The maximum absolute atomic E-state index is 13.0. The number of benzene rings is 2. The van der Waals surface area contributed by atoms with E-state index in [-0.39, 0.29) is 41.6 Å². The molecule has 3 atom stereocenters. The zero-order valence-corrected chi connectivity index (χ0v) is 18.9. The Bertz CT molecular complexity index is 1330. The lowest BCUT2D eigenvalue weighted by atomic mass is 10.0. The number of nitrogens with zero attached hydrogens (tertiary/aromatic N) is 1. The van der Waals surface area contributed by atoms with E-state index in [2.05, 4.69) is 10.6 Å². The van der Waals surface area contributed by atoms with Crippen LogP contribution in [-0.2, 0) is 4.79 Å². The number of likely N-dealkylation sites (tertiary alicyclic amines) is 1. The average Bonchev–Trinajstić information content (AvgIpc) is 3.26. The van der Waals surface area contributed by atoms with Crippen molar-refractivity contribution in [2.75, 3.05) is 17.2 Å². The van der Waals surface area contributed by atoms with Crippen LogP contribution in [0.3, 0.4) is 0 Å². The maximum Gasteiger partial charge on any atom is 0.326 e. The Hall–Kier alpha value is -4.18. The van der Waals surface area contributed by atoms with Crippen LogP contribution in [0.2, 0.25) is 0 Å². The fraction of sp³-hybridized carbons (Fsp3) is 0.280. The normalized spacial score (nSPS) is 18.4. The molecule has 3 aromatic rings. The van der Waals surface area contributed by atoms with Crippen molar-refractivity contribution < 1.29 is 24.9 Å². The number of para-hydroxylation sites is 1. The first kappa shape index (κ1) is 24.0. The number of anilines is 3. The number of aliphatic hydroxyl groups excluding tert-OH is 1. The second-order valence-electron chi connectivity index (χ2n) is 8.45. The van der Waals surface area contributed by atoms with Crippen LogP contribution in [0.4, 0.5) is 17.1 Å². The van der Waals surface area contributed by atoms with E-state index >= 15 is 0 Å². The molecule has 1 saturated heterocycles. The van der Waals surface area contributed by atoms with Crippen LogP contribution in [-0.4, -0.2) is 50.8 Å². The molecular weight excluding hydrogens is 454 g/mol. The predicted octanol–water partition coefficient (Wildman–Crippen LogP) is 1.95. The van der Waals surface area contributed by atoms with Crippen molar-refractivity contribution in [3.8, 4) is 5.75 Å². The molecule has 35 heavy (non-hydrogen) atoms. The van der Waals surface area contributed by atoms with Gasteiger partial charge in [0.2, 0.25) is 0 Å². The second-order valence-corrected chi connectivity index (χ2v) is 8.45. The van der Waals surface area contributed by atoms with E-state index in [1.807, 2.05) is 37.3 Å². The number of phenolic OH excluding ortho intramolecular Hbond substituents is 1. The summed E-state index contributed by atoms with van der Waals surface area (Å²) in [6.07, 6.45) is -0.459. The molecule has 0 saturated carbocycles. The van der Waals surface area contributed by atoms with Crippen LogP contribution in [0.15, 0.2) is 58.1 Å². The highest BCUT2D eigenvalue weighted by atomic mass is 16.4. The summed E-state index contributed by atoms with van der Waals surface area (Å²) in [6, 6.07) is 12.2. The summed E-state index contributed by atoms with van der Waals surface area (Å²) in [7, 11) is 0. The molecule has 5 N–H and O–H groups in total. The van der Waals surface area contributed by atoms with E-state index in [1.165, 1.54) is 18.2 Å². The van der Waals surface area contributed by atoms with Gasteiger partial charge >= 0.3 is 5.97 Å². The van der Waals surface area contributed by atoms with Crippen LogP contribution >= 0.6 is 0 Å². The number of β-amino-alcohol motifs (C(OH)–C–C–N with tert-alkyl or cyclic N) is 1. The lowest BCUT2D eigenvalue weighted by molar-refractivity contribution is -0.141. The number of amides is 1. The molecule has 10 heteroatoms. The van der Waals surface area contributed by atoms with Crippen molar-refractivity contribution in [3.63, 3.8) is 0 Å². The zero-order chi connectivity index (χ0) is 25.3. The van der Waals surface area contributed by atoms with Crippen molar-refractivity contribution in [1.82, 2.24) is 4.90 Å². The molecule has 1 amide bonds. The van der Waals surface area contributed by atoms with Crippen LogP contribution in [0, 0.1) is 0 Å². The van der Waals surface area contributed by atoms with Gasteiger partial charge in [0.05, 0.1) is 23.4 Å². The number of hydrogen-bond acceptors (Lipinski definition) is 8. The third-order valence-corrected chi connectivity index (χ3v) is 6.19. The van der Waals surface area contributed by atoms with E-state index in [0.717, 1.165) is 10.5 Å². The highest BCUT2D eigenvalue weighted by Gasteiger charge is 2.40. The monoisotopic (exact) mass is 479 g/mol. The van der Waals surface area contributed by atoms with Gasteiger partial charge < -0.3 is 30.9 Å². The fourth-order valence-corrected chi connectivity index (χ4v) is 4.31. The summed E-state index contributed by atoms with van der Waals surface area (Å²) in [4.78, 5) is 50.1. The van der Waals surface area contributed by atoms with Gasteiger partial charge in [-0.15, -0.1) is 0 Å². The van der Waals surface area contributed by atoms with Gasteiger partial charge in [0.25, 0.3) is 16.8 Å². The summed E-state index contributed by atoms with van der Waals surface area (Å²) in [6.45, 7) is 1.75. The molecule has 1 aliphatic heterocycles. The van der Waals surface area contributed by atoms with Gasteiger partial charge in [0.1, 0.15) is 17.4 Å². The molecule has 0 spiro atoms. The lowest BCUT2D eigenvalue weighted by Gasteiger charge is -2.23. The molecule has 10 nitrogen and oxygen atoms in total. The number of aliphatic carboxylic acids is 1. The molecule has 0 radical (unpaired) electrons. The Morgan fingerprint density at radius 1 is 1.06 bits per heavy atom. The van der Waals surface area contributed by atoms with E-state index in [0.29, 0.717) is 6.42 Å². The number of carboxylic acid groups (broad SMARTS) is 1. The first-order valence-electron chi connectivity index (χ1n) is 11.2. The standard InChI is InChI=1S/C25H25N3O7/c1-2-16(13-7-4-3-5-8-13)26-19-20(23(32)22(19)31)27-17-10-6-9-15(21(17)30)24(33)28-12-14(29)11-18(28)25(34)35/h3-10,14,16,18,26-27,29-30H,2,11-12H2,1H3,(H,34,35)/t14-,16+,18-/m0/s1. The molecule has 3 aromatic carbocycles. The van der Waals surface area contributed by atoms with Crippen LogP contribution in [0.1, 0.15) is 41.7 Å². The minimum atomic E-state index is -1.26. The smallest absolute Gasteiger partial charge is 0.326 e. The molecular formula is C25H25N3O7. The quantitative estimate of drug-likeness (QED) is 0.241. The van der Waals surface area contributed by atoms with Crippen molar-refractivity contribution in [2.24, 2.45) is 0 Å². The summed E-state index contributed by atoms with van der Waals surface area (Å²) >= 11 is 0. The van der Waals surface area contributed by atoms with Gasteiger partial charge in [-0.05, 0) is 24.1 Å². The molecule has 0 unspecified atom stereocenters. The third kappa shape index (κ3) is 4.47. The molecule has 1 heterocycles. The highest BCUT2D eigenvalue weighted by Crippen LogP contribution is 2.34. The molecule has 0 aliphatic carbocycles. The number of carbonyl (C=O) groups excluding carboxylic acids is 1. The minimum absolute atomic E-state index is 0.00498. The number of nitrogens with one attached hydrogen (secondary N) is 2. The van der Waals surface area contributed by atoms with Gasteiger partial charge in [-0.2, -0.15) is 0 Å². The van der Waals surface area contributed by atoms with Crippen LogP contribution < -0.4 is 21.5 Å². The second kappa shape index (κ2) is 9.59. The zero-order valence-electron chi connectivity index (χ0n) is 18.9. The number of carboxylic acids is 1. The lowest BCUT2D eigenvalue weighted by Crippen LogP contribution is -2.40. The third-order valence-electron chi connectivity index (χ3n) is 6.19. The van der Waals surface area contributed by atoms with Crippen molar-refractivity contribution in [1.29, 1.82) is 0 Å². The maximum atomic E-state index is 13.0.